The standard InChI is InChI=1S/C58H66N8O7/c1-40-33-41(34-44-37-59-66(51(40)44)39-73-55(70)58(23-24-58)46-14-7-4-8-15-46)35-49(53(68)63-31-29-62(30-32-63)47-19-25-61(2)26-20-47)60-56(71)64-27-17-42(18-28-64)48-36-43-11-9-10-16-50(43)65(52(48)67)38-72-54(69)57(21-22-57)45-12-5-3-6-13-45/h3-16,33-34,36-37,42,47,49H,17-32,35,38-39H2,1-2H3,(H,60,71)/t49-/m1/s1. The van der Waals surface area contributed by atoms with Crippen LogP contribution in [0.4, 0.5) is 4.79 Å². The van der Waals surface area contributed by atoms with Crippen LogP contribution >= 0.6 is 0 Å². The predicted octanol–water partition coefficient (Wildman–Crippen LogP) is 6.86. The Labute approximate surface area is 426 Å². The third-order valence-corrected chi connectivity index (χ3v) is 16.7. The summed E-state index contributed by atoms with van der Waals surface area (Å²) in [6.07, 6.45) is 8.32. The van der Waals surface area contributed by atoms with Gasteiger partial charge in [0.25, 0.3) is 5.56 Å². The quantitative estimate of drug-likeness (QED) is 0.115. The molecule has 3 saturated heterocycles. The molecule has 1 atom stereocenters. The van der Waals surface area contributed by atoms with E-state index in [4.69, 9.17) is 9.47 Å². The van der Waals surface area contributed by atoms with Crippen LogP contribution in [0, 0.1) is 6.92 Å². The van der Waals surface area contributed by atoms with Crippen LogP contribution < -0.4 is 10.9 Å². The zero-order chi connectivity index (χ0) is 50.3. The van der Waals surface area contributed by atoms with E-state index in [1.807, 2.05) is 115 Å². The second kappa shape index (κ2) is 20.2. The summed E-state index contributed by atoms with van der Waals surface area (Å²) >= 11 is 0. The minimum absolute atomic E-state index is 0.0172. The number of ether oxygens (including phenoxy) is 2. The first kappa shape index (κ1) is 48.4. The van der Waals surface area contributed by atoms with Gasteiger partial charge in [-0.2, -0.15) is 5.10 Å². The number of fused-ring (bicyclic) bond motifs is 2. The maximum Gasteiger partial charge on any atom is 0.318 e. The number of carbonyl (C=O) groups is 4. The Morgan fingerprint density at radius 1 is 0.685 bits per heavy atom. The van der Waals surface area contributed by atoms with Crippen molar-refractivity contribution in [3.8, 4) is 0 Å². The maximum atomic E-state index is 14.7. The van der Waals surface area contributed by atoms with Gasteiger partial charge >= 0.3 is 18.0 Å². The van der Waals surface area contributed by atoms with Crippen LogP contribution in [0.1, 0.15) is 85.1 Å². The van der Waals surface area contributed by atoms with Crippen LogP contribution in [-0.4, -0.2) is 129 Å². The van der Waals surface area contributed by atoms with Crippen molar-refractivity contribution in [2.45, 2.75) is 107 Å². The number of benzene rings is 4. The number of para-hydroxylation sites is 1. The van der Waals surface area contributed by atoms with E-state index in [1.165, 1.54) is 0 Å². The summed E-state index contributed by atoms with van der Waals surface area (Å²) in [6.45, 7) is 7.50. The van der Waals surface area contributed by atoms with Crippen molar-refractivity contribution in [3.05, 3.63) is 147 Å². The first-order valence-electron chi connectivity index (χ1n) is 26.3. The van der Waals surface area contributed by atoms with Gasteiger partial charge in [-0.3, -0.25) is 28.6 Å². The molecular weight excluding hydrogens is 921 g/mol. The molecule has 11 rings (SSSR count). The SMILES string of the molecule is Cc1cc(C[C@@H](NC(=O)N2CCC(c3cc4ccccc4n(COC(=O)C4(c5ccccc5)CC4)c3=O)CC2)C(=O)N2CCN(C3CCN(C)CC3)CC2)cc2cnn(COC(=O)C3(c4ccccc4)CC3)c12. The van der Waals surface area contributed by atoms with E-state index in [0.717, 1.165) is 90.4 Å². The first-order valence-corrected chi connectivity index (χ1v) is 26.3. The zero-order valence-corrected chi connectivity index (χ0v) is 42.0. The Morgan fingerprint density at radius 2 is 1.29 bits per heavy atom. The third kappa shape index (κ3) is 9.76. The monoisotopic (exact) mass is 987 g/mol. The summed E-state index contributed by atoms with van der Waals surface area (Å²) in [7, 11) is 2.17. The summed E-state index contributed by atoms with van der Waals surface area (Å²) < 4.78 is 15.1. The number of piperazine rings is 1. The van der Waals surface area contributed by atoms with Crippen molar-refractivity contribution < 1.29 is 28.7 Å². The molecule has 6 aromatic rings. The number of carbonyl (C=O) groups excluding carboxylic acids is 4. The van der Waals surface area contributed by atoms with Crippen molar-refractivity contribution in [1.82, 2.24) is 39.3 Å². The molecule has 0 spiro atoms. The lowest BCUT2D eigenvalue weighted by atomic mass is 9.89. The van der Waals surface area contributed by atoms with Crippen molar-refractivity contribution in [2.24, 2.45) is 0 Å². The van der Waals surface area contributed by atoms with E-state index in [1.54, 1.807) is 20.3 Å². The molecule has 1 N–H and O–H groups in total. The molecule has 73 heavy (non-hydrogen) atoms. The largest absolute Gasteiger partial charge is 0.443 e. The number of piperidine rings is 2. The molecular formula is C58H66N8O7. The van der Waals surface area contributed by atoms with E-state index in [9.17, 15) is 24.0 Å². The molecule has 15 nitrogen and oxygen atoms in total. The summed E-state index contributed by atoms with van der Waals surface area (Å²) in [6, 6.07) is 32.5. The fraction of sp³-hybridized carbons (Fsp3) is 0.448. The lowest BCUT2D eigenvalue weighted by Gasteiger charge is -2.43. The predicted molar refractivity (Wildman–Crippen MR) is 278 cm³/mol. The molecule has 0 bridgehead atoms. The van der Waals surface area contributed by atoms with Gasteiger partial charge in [0.15, 0.2) is 13.5 Å². The van der Waals surface area contributed by atoms with E-state index >= 15 is 0 Å². The molecule has 4 aromatic carbocycles. The average molecular weight is 987 g/mol. The van der Waals surface area contributed by atoms with Crippen LogP contribution in [0.5, 0.6) is 0 Å². The molecule has 0 unspecified atom stereocenters. The fourth-order valence-corrected chi connectivity index (χ4v) is 12.0. The molecule has 2 aliphatic carbocycles. The van der Waals surface area contributed by atoms with Crippen molar-refractivity contribution in [2.75, 3.05) is 59.4 Å². The van der Waals surface area contributed by atoms with Gasteiger partial charge in [0.1, 0.15) is 6.04 Å². The molecule has 5 heterocycles. The number of rotatable bonds is 14. The molecule has 5 fully saturated rings. The lowest BCUT2D eigenvalue weighted by molar-refractivity contribution is -0.151. The van der Waals surface area contributed by atoms with E-state index in [2.05, 4.69) is 27.3 Å². The highest BCUT2D eigenvalue weighted by atomic mass is 16.6. The van der Waals surface area contributed by atoms with Crippen molar-refractivity contribution in [1.29, 1.82) is 0 Å². The number of nitrogens with zero attached hydrogens (tertiary/aromatic N) is 7. The third-order valence-electron chi connectivity index (χ3n) is 16.7. The number of aromatic nitrogens is 3. The van der Waals surface area contributed by atoms with Crippen LogP contribution in [0.3, 0.4) is 0 Å². The number of esters is 2. The van der Waals surface area contributed by atoms with Crippen molar-refractivity contribution >= 4 is 45.7 Å². The van der Waals surface area contributed by atoms with Gasteiger partial charge in [0.05, 0.1) is 28.1 Å². The topological polar surface area (TPSA) is 152 Å². The van der Waals surface area contributed by atoms with Crippen LogP contribution in [0.2, 0.25) is 0 Å². The molecule has 3 aliphatic heterocycles. The van der Waals surface area contributed by atoms with Gasteiger partial charge in [-0.15, -0.1) is 0 Å². The number of aryl methyl sites for hydroxylation is 1. The van der Waals surface area contributed by atoms with Gasteiger partial charge in [0.2, 0.25) is 5.91 Å². The normalized spacial score (nSPS) is 19.6. The smallest absolute Gasteiger partial charge is 0.318 e. The number of nitrogens with one attached hydrogen (secondary N) is 1. The highest BCUT2D eigenvalue weighted by Gasteiger charge is 2.53. The molecule has 0 radical (unpaired) electrons. The number of likely N-dealkylation sites (tertiary alicyclic amines) is 2. The Hall–Kier alpha value is -6.84. The maximum absolute atomic E-state index is 14.7. The molecule has 2 saturated carbocycles. The van der Waals surface area contributed by atoms with Crippen molar-refractivity contribution in [3.63, 3.8) is 0 Å². The fourth-order valence-electron chi connectivity index (χ4n) is 12.0. The van der Waals surface area contributed by atoms with Gasteiger partial charge in [-0.05, 0) is 130 Å². The minimum atomic E-state index is -0.826. The number of pyridine rings is 1. The Balaban J connectivity index is 0.776. The van der Waals surface area contributed by atoms with Gasteiger partial charge in [-0.25, -0.2) is 9.48 Å². The Kier molecular flexibility index (Phi) is 13.4. The second-order valence-corrected chi connectivity index (χ2v) is 21.3. The molecule has 15 heteroatoms. The van der Waals surface area contributed by atoms with Gasteiger partial charge in [0, 0.05) is 62.7 Å². The van der Waals surface area contributed by atoms with E-state index in [0.29, 0.717) is 69.0 Å². The highest BCUT2D eigenvalue weighted by molar-refractivity contribution is 5.89. The zero-order valence-electron chi connectivity index (χ0n) is 42.0. The van der Waals surface area contributed by atoms with Crippen LogP contribution in [0.15, 0.2) is 114 Å². The van der Waals surface area contributed by atoms with Crippen LogP contribution in [-0.2, 0) is 54.6 Å². The summed E-state index contributed by atoms with van der Waals surface area (Å²) in [5.74, 6) is -0.799. The Morgan fingerprint density at radius 3 is 1.92 bits per heavy atom. The minimum Gasteiger partial charge on any atom is -0.443 e. The molecule has 2 aromatic heterocycles. The van der Waals surface area contributed by atoms with E-state index < -0.39 is 16.9 Å². The summed E-state index contributed by atoms with van der Waals surface area (Å²) in [5.41, 5.74) is 4.41. The highest BCUT2D eigenvalue weighted by Crippen LogP contribution is 2.50. The second-order valence-electron chi connectivity index (χ2n) is 21.3. The summed E-state index contributed by atoms with van der Waals surface area (Å²) in [5, 5.41) is 9.54. The Bertz CT molecular complexity index is 3070. The molecule has 5 aliphatic rings. The van der Waals surface area contributed by atoms with E-state index in [-0.39, 0.29) is 55.2 Å². The lowest BCUT2D eigenvalue weighted by Crippen LogP contribution is -2.59. The van der Waals surface area contributed by atoms with Gasteiger partial charge in [-0.1, -0.05) is 84.9 Å². The number of urea groups is 1. The number of amides is 3. The average Bonchev–Trinajstić information content (AvgIpc) is 4.37. The van der Waals surface area contributed by atoms with Crippen LogP contribution in [0.25, 0.3) is 21.8 Å². The summed E-state index contributed by atoms with van der Waals surface area (Å²) in [4.78, 5) is 79.0. The molecule has 3 amide bonds. The number of hydrogen-bond donors (Lipinski definition) is 1. The first-order chi connectivity index (χ1) is 35.5. The number of hydrogen-bond acceptors (Lipinski definition) is 10. The molecule has 380 valence electrons. The van der Waals surface area contributed by atoms with Gasteiger partial charge < -0.3 is 29.5 Å².